The quantitative estimate of drug-likeness (QED) is 0.378. The third-order valence-corrected chi connectivity index (χ3v) is 5.07. The van der Waals surface area contributed by atoms with Crippen molar-refractivity contribution < 1.29 is 24.2 Å². The molecule has 8 nitrogen and oxygen atoms in total. The first-order valence-corrected chi connectivity index (χ1v) is 11.8. The number of amides is 3. The van der Waals surface area contributed by atoms with Crippen molar-refractivity contribution >= 4 is 17.9 Å². The minimum Gasteiger partial charge on any atom is -0.508 e. The van der Waals surface area contributed by atoms with E-state index in [2.05, 4.69) is 22.6 Å². The van der Waals surface area contributed by atoms with E-state index in [0.717, 1.165) is 4.90 Å². The van der Waals surface area contributed by atoms with Crippen LogP contribution in [0.2, 0.25) is 0 Å². The number of alkyl carbamates (subject to hydrolysis) is 1. The van der Waals surface area contributed by atoms with E-state index in [0.29, 0.717) is 16.7 Å². The largest absolute Gasteiger partial charge is 0.508 e. The molecule has 2 unspecified atom stereocenters. The van der Waals surface area contributed by atoms with Gasteiger partial charge < -0.3 is 20.5 Å². The van der Waals surface area contributed by atoms with E-state index in [1.54, 1.807) is 71.0 Å². The summed E-state index contributed by atoms with van der Waals surface area (Å²) in [5.41, 5.74) is 0.887. The van der Waals surface area contributed by atoms with Crippen molar-refractivity contribution in [2.75, 3.05) is 0 Å². The lowest BCUT2D eigenvalue weighted by molar-refractivity contribution is -0.138. The number of rotatable bonds is 8. The van der Waals surface area contributed by atoms with Crippen molar-refractivity contribution in [1.82, 2.24) is 15.5 Å². The zero-order valence-corrected chi connectivity index (χ0v) is 21.7. The van der Waals surface area contributed by atoms with Crippen LogP contribution in [0.4, 0.5) is 4.79 Å². The molecule has 2 aromatic carbocycles. The number of hydrogen-bond acceptors (Lipinski definition) is 5. The number of carbonyl (C=O) groups is 3. The predicted octanol–water partition coefficient (Wildman–Crippen LogP) is 3.49. The van der Waals surface area contributed by atoms with Gasteiger partial charge in [0, 0.05) is 24.1 Å². The fraction of sp³-hybridized carbons (Fsp3) is 0.345. The third-order valence-electron chi connectivity index (χ3n) is 5.07. The summed E-state index contributed by atoms with van der Waals surface area (Å²) in [5.74, 6) is 1.38. The van der Waals surface area contributed by atoms with Crippen molar-refractivity contribution in [2.24, 2.45) is 0 Å². The Morgan fingerprint density at radius 1 is 1.00 bits per heavy atom. The van der Waals surface area contributed by atoms with Gasteiger partial charge in [-0.15, -0.1) is 6.42 Å². The Kier molecular flexibility index (Phi) is 9.74. The first-order valence-electron chi connectivity index (χ1n) is 11.8. The van der Waals surface area contributed by atoms with E-state index in [4.69, 9.17) is 17.6 Å². The van der Waals surface area contributed by atoms with Crippen LogP contribution >= 0.6 is 0 Å². The molecule has 0 aliphatic heterocycles. The van der Waals surface area contributed by atoms with Crippen LogP contribution in [0.25, 0.3) is 0 Å². The second kappa shape index (κ2) is 12.5. The molecule has 0 bridgehead atoms. The average Bonchev–Trinajstić information content (AvgIpc) is 2.81. The highest BCUT2D eigenvalue weighted by atomic mass is 16.6. The zero-order chi connectivity index (χ0) is 27.8. The number of carbonyl (C=O) groups excluding carboxylic acids is 3. The molecule has 194 valence electrons. The van der Waals surface area contributed by atoms with E-state index in [1.807, 2.05) is 0 Å². The lowest BCUT2D eigenvalue weighted by atomic mass is 9.99. The summed E-state index contributed by atoms with van der Waals surface area (Å²) in [4.78, 5) is 40.7. The van der Waals surface area contributed by atoms with Gasteiger partial charge in [-0.05, 0) is 70.0 Å². The molecule has 0 spiro atoms. The van der Waals surface area contributed by atoms with Crippen molar-refractivity contribution in [3.63, 3.8) is 0 Å². The molecule has 3 amide bonds. The van der Waals surface area contributed by atoms with Crippen molar-refractivity contribution in [3.05, 3.63) is 65.2 Å². The van der Waals surface area contributed by atoms with Gasteiger partial charge in [0.05, 0.1) is 0 Å². The van der Waals surface area contributed by atoms with Crippen LogP contribution in [0.1, 0.15) is 57.4 Å². The molecule has 2 rings (SSSR count). The number of nitrogens with one attached hydrogen (secondary N) is 2. The normalized spacial score (nSPS) is 12.4. The second-order valence-corrected chi connectivity index (χ2v) is 9.74. The van der Waals surface area contributed by atoms with E-state index >= 15 is 0 Å². The Bertz CT molecular complexity index is 1180. The molecule has 2 aromatic rings. The van der Waals surface area contributed by atoms with Gasteiger partial charge in [0.1, 0.15) is 23.4 Å². The first-order chi connectivity index (χ1) is 17.3. The van der Waals surface area contributed by atoms with Crippen LogP contribution in [0.3, 0.4) is 0 Å². The van der Waals surface area contributed by atoms with Gasteiger partial charge >= 0.3 is 6.09 Å². The molecule has 8 heteroatoms. The van der Waals surface area contributed by atoms with E-state index < -0.39 is 35.6 Å². The fourth-order valence-electron chi connectivity index (χ4n) is 3.49. The lowest BCUT2D eigenvalue weighted by Gasteiger charge is -2.31. The number of phenolic OH excluding ortho intramolecular Hbond substituents is 1. The highest BCUT2D eigenvalue weighted by molar-refractivity contribution is 5.93. The molecule has 0 fully saturated rings. The predicted molar refractivity (Wildman–Crippen MR) is 141 cm³/mol. The Hall–Kier alpha value is -4.43. The Morgan fingerprint density at radius 2 is 1.59 bits per heavy atom. The summed E-state index contributed by atoms with van der Waals surface area (Å²) in [6, 6.07) is 12.5. The van der Waals surface area contributed by atoms with Crippen LogP contribution in [-0.4, -0.2) is 45.6 Å². The number of ether oxygens (including phenoxy) is 1. The number of aromatic hydroxyl groups is 1. The summed E-state index contributed by atoms with van der Waals surface area (Å²) in [6.07, 6.45) is 10.5. The summed E-state index contributed by atoms with van der Waals surface area (Å²) in [7, 11) is 0. The standard InChI is InChI=1S/C29H33N3O5/c1-8-20-10-14-22(15-11-20)25(26(34)30-19(3)4)32(9-2)27(35)24(31-28(36)37-29(5,6)7)18-21-12-16-23(33)17-13-21/h1-2,10-17,19,24-25,33H,18H2,3-7H3,(H,30,34)(H,31,36). The SMILES string of the molecule is C#Cc1ccc(C(C(=O)NC(C)C)N(C#C)C(=O)C(Cc2ccc(O)cc2)NC(=O)OC(C)(C)C)cc1. The minimum absolute atomic E-state index is 0.0328. The van der Waals surface area contributed by atoms with Crippen LogP contribution < -0.4 is 10.6 Å². The van der Waals surface area contributed by atoms with Crippen molar-refractivity contribution in [3.8, 4) is 30.6 Å². The van der Waals surface area contributed by atoms with Crippen LogP contribution in [-0.2, 0) is 20.7 Å². The molecular weight excluding hydrogens is 470 g/mol. The molecule has 0 saturated heterocycles. The molecule has 0 heterocycles. The molecule has 3 N–H and O–H groups in total. The maximum atomic E-state index is 13.8. The van der Waals surface area contributed by atoms with Crippen LogP contribution in [0.15, 0.2) is 48.5 Å². The molecule has 0 saturated carbocycles. The van der Waals surface area contributed by atoms with Gasteiger partial charge in [0.25, 0.3) is 5.91 Å². The van der Waals surface area contributed by atoms with Gasteiger partial charge in [-0.25, -0.2) is 4.79 Å². The van der Waals surface area contributed by atoms with Gasteiger partial charge in [0.15, 0.2) is 0 Å². The van der Waals surface area contributed by atoms with E-state index in [1.165, 1.54) is 12.1 Å². The topological polar surface area (TPSA) is 108 Å². The number of terminal acetylenes is 2. The van der Waals surface area contributed by atoms with E-state index in [-0.39, 0.29) is 18.2 Å². The maximum absolute atomic E-state index is 13.8. The van der Waals surface area contributed by atoms with Crippen LogP contribution in [0.5, 0.6) is 5.75 Å². The minimum atomic E-state index is -1.19. The zero-order valence-electron chi connectivity index (χ0n) is 21.7. The summed E-state index contributed by atoms with van der Waals surface area (Å²) < 4.78 is 5.35. The summed E-state index contributed by atoms with van der Waals surface area (Å²) in [6.45, 7) is 8.67. The molecule has 0 aliphatic carbocycles. The Labute approximate surface area is 218 Å². The molecule has 37 heavy (non-hydrogen) atoms. The Balaban J connectivity index is 2.49. The number of nitrogens with zero attached hydrogens (tertiary/aromatic N) is 1. The summed E-state index contributed by atoms with van der Waals surface area (Å²) in [5, 5.41) is 15.0. The molecule has 0 aromatic heterocycles. The molecule has 2 atom stereocenters. The average molecular weight is 504 g/mol. The van der Waals surface area contributed by atoms with Gasteiger partial charge in [-0.2, -0.15) is 0 Å². The summed E-state index contributed by atoms with van der Waals surface area (Å²) >= 11 is 0. The lowest BCUT2D eigenvalue weighted by Crippen LogP contribution is -2.52. The molecule has 0 aliphatic rings. The number of phenols is 1. The van der Waals surface area contributed by atoms with Crippen molar-refractivity contribution in [1.29, 1.82) is 0 Å². The van der Waals surface area contributed by atoms with E-state index in [9.17, 15) is 19.5 Å². The smallest absolute Gasteiger partial charge is 0.408 e. The van der Waals surface area contributed by atoms with Gasteiger partial charge in [-0.3, -0.25) is 14.5 Å². The van der Waals surface area contributed by atoms with Gasteiger partial charge in [-0.1, -0.05) is 36.6 Å². The first kappa shape index (κ1) is 28.8. The number of hydrogen-bond donors (Lipinski definition) is 3. The van der Waals surface area contributed by atoms with Crippen LogP contribution in [0, 0.1) is 24.8 Å². The fourth-order valence-corrected chi connectivity index (χ4v) is 3.49. The monoisotopic (exact) mass is 503 g/mol. The van der Waals surface area contributed by atoms with Gasteiger partial charge in [0.2, 0.25) is 5.91 Å². The number of benzene rings is 2. The third kappa shape index (κ3) is 8.63. The second-order valence-electron chi connectivity index (χ2n) is 9.74. The molecule has 0 radical (unpaired) electrons. The van der Waals surface area contributed by atoms with Crippen molar-refractivity contribution in [2.45, 2.75) is 64.8 Å². The highest BCUT2D eigenvalue weighted by Gasteiger charge is 2.36. The highest BCUT2D eigenvalue weighted by Crippen LogP contribution is 2.24. The molecular formula is C29H33N3O5. The Morgan fingerprint density at radius 3 is 2.08 bits per heavy atom. The maximum Gasteiger partial charge on any atom is 0.408 e.